The summed E-state index contributed by atoms with van der Waals surface area (Å²) in [6.45, 7) is 0. The number of hydrogen-bond acceptors (Lipinski definition) is 3. The Bertz CT molecular complexity index is 1030. The molecular formula is C17H9BrFN3O. The molecule has 112 valence electrons. The number of nitrogens with one attached hydrogen (secondary N) is 1. The van der Waals surface area contributed by atoms with Gasteiger partial charge in [0.2, 0.25) is 0 Å². The average Bonchev–Trinajstić information content (AvgIpc) is 2.53. The van der Waals surface area contributed by atoms with Gasteiger partial charge in [0.15, 0.2) is 5.82 Å². The predicted molar refractivity (Wildman–Crippen MR) is 89.9 cm³/mol. The van der Waals surface area contributed by atoms with Crippen molar-refractivity contribution in [3.8, 4) is 6.07 Å². The van der Waals surface area contributed by atoms with Crippen LogP contribution in [-0.2, 0) is 0 Å². The second-order valence-electron chi connectivity index (χ2n) is 4.80. The highest BCUT2D eigenvalue weighted by Crippen LogP contribution is 2.18. The number of aromatic amines is 1. The zero-order valence-corrected chi connectivity index (χ0v) is 13.3. The Hall–Kier alpha value is -2.78. The highest BCUT2D eigenvalue weighted by molar-refractivity contribution is 9.10. The summed E-state index contributed by atoms with van der Waals surface area (Å²) < 4.78 is 14.0. The van der Waals surface area contributed by atoms with Crippen LogP contribution in [0.15, 0.2) is 51.7 Å². The van der Waals surface area contributed by atoms with Gasteiger partial charge in [-0.1, -0.05) is 28.1 Å². The Morgan fingerprint density at radius 2 is 2.13 bits per heavy atom. The molecule has 0 saturated heterocycles. The summed E-state index contributed by atoms with van der Waals surface area (Å²) in [5.74, 6) is -0.252. The number of nitriles is 1. The van der Waals surface area contributed by atoms with Crippen molar-refractivity contribution in [3.05, 3.63) is 74.5 Å². The van der Waals surface area contributed by atoms with Gasteiger partial charge in [0.1, 0.15) is 11.9 Å². The zero-order valence-electron chi connectivity index (χ0n) is 11.7. The molecular weight excluding hydrogens is 361 g/mol. The number of benzene rings is 2. The number of halogens is 2. The molecule has 1 aromatic heterocycles. The van der Waals surface area contributed by atoms with Gasteiger partial charge in [0.25, 0.3) is 5.56 Å². The van der Waals surface area contributed by atoms with E-state index in [2.05, 4.69) is 25.9 Å². The molecule has 3 rings (SSSR count). The third-order valence-electron chi connectivity index (χ3n) is 3.20. The summed E-state index contributed by atoms with van der Waals surface area (Å²) in [6, 6.07) is 12.9. The molecule has 1 N–H and O–H groups in total. The summed E-state index contributed by atoms with van der Waals surface area (Å²) in [5, 5.41) is 9.76. The maximum Gasteiger partial charge on any atom is 0.259 e. The normalized spacial score (nSPS) is 11.4. The van der Waals surface area contributed by atoms with Gasteiger partial charge in [0, 0.05) is 4.47 Å². The predicted octanol–water partition coefficient (Wildman–Crippen LogP) is 3.89. The minimum Gasteiger partial charge on any atom is -0.305 e. The zero-order chi connectivity index (χ0) is 16.4. The van der Waals surface area contributed by atoms with Crippen LogP contribution in [0.1, 0.15) is 11.4 Å². The molecule has 0 atom stereocenters. The van der Waals surface area contributed by atoms with E-state index in [1.54, 1.807) is 30.3 Å². The maximum absolute atomic E-state index is 13.2. The number of fused-ring (bicyclic) bond motifs is 1. The first-order valence-corrected chi connectivity index (χ1v) is 7.43. The summed E-state index contributed by atoms with van der Waals surface area (Å²) >= 11 is 3.30. The lowest BCUT2D eigenvalue weighted by molar-refractivity contribution is 0.627. The largest absolute Gasteiger partial charge is 0.305 e. The smallest absolute Gasteiger partial charge is 0.259 e. The fourth-order valence-electron chi connectivity index (χ4n) is 2.16. The van der Waals surface area contributed by atoms with E-state index in [9.17, 15) is 14.4 Å². The van der Waals surface area contributed by atoms with E-state index in [0.717, 1.165) is 4.47 Å². The topological polar surface area (TPSA) is 69.5 Å². The lowest BCUT2D eigenvalue weighted by Gasteiger charge is -2.03. The van der Waals surface area contributed by atoms with Crippen molar-refractivity contribution in [1.82, 2.24) is 9.97 Å². The lowest BCUT2D eigenvalue weighted by atomic mass is 10.1. The van der Waals surface area contributed by atoms with E-state index in [-0.39, 0.29) is 17.0 Å². The Balaban J connectivity index is 2.16. The van der Waals surface area contributed by atoms with Crippen LogP contribution < -0.4 is 5.56 Å². The van der Waals surface area contributed by atoms with Crippen LogP contribution in [-0.4, -0.2) is 9.97 Å². The Morgan fingerprint density at radius 1 is 1.30 bits per heavy atom. The monoisotopic (exact) mass is 369 g/mol. The molecule has 4 nitrogen and oxygen atoms in total. The van der Waals surface area contributed by atoms with E-state index >= 15 is 0 Å². The number of hydrogen-bond donors (Lipinski definition) is 1. The quantitative estimate of drug-likeness (QED) is 0.696. The summed E-state index contributed by atoms with van der Waals surface area (Å²) in [7, 11) is 0. The van der Waals surface area contributed by atoms with Gasteiger partial charge in [-0.25, -0.2) is 9.37 Å². The maximum atomic E-state index is 13.2. The van der Waals surface area contributed by atoms with Gasteiger partial charge in [-0.2, -0.15) is 5.26 Å². The first-order valence-electron chi connectivity index (χ1n) is 6.64. The molecule has 0 fully saturated rings. The van der Waals surface area contributed by atoms with Crippen LogP contribution in [0.5, 0.6) is 0 Å². The number of nitrogens with zero attached hydrogens (tertiary/aromatic N) is 2. The van der Waals surface area contributed by atoms with Gasteiger partial charge >= 0.3 is 0 Å². The minimum absolute atomic E-state index is 0.150. The van der Waals surface area contributed by atoms with Crippen LogP contribution in [0.3, 0.4) is 0 Å². The summed E-state index contributed by atoms with van der Waals surface area (Å²) in [6.07, 6.45) is 1.48. The molecule has 23 heavy (non-hydrogen) atoms. The standard InChI is InChI=1S/C17H9BrFN3O/c18-12-4-5-15-14(8-12)17(23)22-16(21-15)11(9-20)6-10-2-1-3-13(19)7-10/h1-8H,(H,21,22,23)/b11-6+. The van der Waals surface area contributed by atoms with Crippen LogP contribution in [0, 0.1) is 17.1 Å². The van der Waals surface area contributed by atoms with Crippen LogP contribution in [0.4, 0.5) is 4.39 Å². The van der Waals surface area contributed by atoms with E-state index in [1.165, 1.54) is 18.2 Å². The molecule has 0 amide bonds. The van der Waals surface area contributed by atoms with Crippen molar-refractivity contribution < 1.29 is 4.39 Å². The molecule has 0 aliphatic rings. The van der Waals surface area contributed by atoms with E-state index in [1.807, 2.05) is 6.07 Å². The Kier molecular flexibility index (Phi) is 4.04. The SMILES string of the molecule is N#C/C(=C\c1cccc(F)c1)c1nc2ccc(Br)cc2c(=O)[nH]1. The molecule has 0 spiro atoms. The van der Waals surface area contributed by atoms with Crippen molar-refractivity contribution in [2.75, 3.05) is 0 Å². The molecule has 0 radical (unpaired) electrons. The highest BCUT2D eigenvalue weighted by Gasteiger charge is 2.09. The summed E-state index contributed by atoms with van der Waals surface area (Å²) in [4.78, 5) is 19.1. The molecule has 0 saturated carbocycles. The van der Waals surface area contributed by atoms with Gasteiger partial charge in [0.05, 0.1) is 16.5 Å². The van der Waals surface area contributed by atoms with Crippen LogP contribution in [0.2, 0.25) is 0 Å². The van der Waals surface area contributed by atoms with Crippen LogP contribution >= 0.6 is 15.9 Å². The van der Waals surface area contributed by atoms with E-state index in [0.29, 0.717) is 16.5 Å². The van der Waals surface area contributed by atoms with Crippen molar-refractivity contribution in [3.63, 3.8) is 0 Å². The fourth-order valence-corrected chi connectivity index (χ4v) is 2.52. The minimum atomic E-state index is -0.402. The molecule has 0 bridgehead atoms. The number of H-pyrrole nitrogens is 1. The second kappa shape index (κ2) is 6.15. The molecule has 1 heterocycles. The van der Waals surface area contributed by atoms with Crippen LogP contribution in [0.25, 0.3) is 22.6 Å². The van der Waals surface area contributed by atoms with Crippen molar-refractivity contribution in [2.45, 2.75) is 0 Å². The Morgan fingerprint density at radius 3 is 2.87 bits per heavy atom. The molecule has 0 aliphatic carbocycles. The number of aromatic nitrogens is 2. The lowest BCUT2D eigenvalue weighted by Crippen LogP contribution is -2.11. The second-order valence-corrected chi connectivity index (χ2v) is 5.72. The van der Waals surface area contributed by atoms with Gasteiger partial charge in [-0.15, -0.1) is 0 Å². The average molecular weight is 370 g/mol. The van der Waals surface area contributed by atoms with Crippen molar-refractivity contribution in [2.24, 2.45) is 0 Å². The van der Waals surface area contributed by atoms with Gasteiger partial charge in [-0.3, -0.25) is 4.79 Å². The molecule has 0 aliphatic heterocycles. The number of rotatable bonds is 2. The molecule has 3 aromatic rings. The summed E-state index contributed by atoms with van der Waals surface area (Å²) in [5.41, 5.74) is 0.802. The first kappa shape index (κ1) is 15.1. The molecule has 2 aromatic carbocycles. The Labute approximate surface area is 139 Å². The first-order chi connectivity index (χ1) is 11.1. The highest BCUT2D eigenvalue weighted by atomic mass is 79.9. The van der Waals surface area contributed by atoms with Crippen molar-refractivity contribution in [1.29, 1.82) is 5.26 Å². The van der Waals surface area contributed by atoms with E-state index in [4.69, 9.17) is 0 Å². The third kappa shape index (κ3) is 3.20. The molecule has 6 heteroatoms. The van der Waals surface area contributed by atoms with Gasteiger partial charge in [-0.05, 0) is 42.0 Å². The van der Waals surface area contributed by atoms with Crippen molar-refractivity contribution >= 4 is 38.5 Å². The fraction of sp³-hybridized carbons (Fsp3) is 0. The number of allylic oxidation sites excluding steroid dienone is 1. The third-order valence-corrected chi connectivity index (χ3v) is 3.70. The van der Waals surface area contributed by atoms with Gasteiger partial charge < -0.3 is 4.98 Å². The van der Waals surface area contributed by atoms with E-state index < -0.39 is 5.82 Å². The molecule has 0 unspecified atom stereocenters.